The standard InChI is InChI=1S/C26H28N4O2/c1-6-30-17(5)21(14-27-30)24-13-20(18-9-7-8-10-22(18)28-24)26(32)29-23-12-19(15(2)3)25(31)11-16(23)4/h7-15,31H,6H2,1-5H3,(H,29,32). The molecule has 0 aliphatic rings. The second-order valence-electron chi connectivity index (χ2n) is 8.37. The number of aromatic hydroxyl groups is 1. The Morgan fingerprint density at radius 3 is 2.59 bits per heavy atom. The number of rotatable bonds is 5. The van der Waals surface area contributed by atoms with Gasteiger partial charge >= 0.3 is 0 Å². The lowest BCUT2D eigenvalue weighted by atomic mass is 9.98. The van der Waals surface area contributed by atoms with Gasteiger partial charge in [0.15, 0.2) is 0 Å². The maximum atomic E-state index is 13.5. The summed E-state index contributed by atoms with van der Waals surface area (Å²) in [6.07, 6.45) is 1.80. The van der Waals surface area contributed by atoms with Gasteiger partial charge in [-0.05, 0) is 62.1 Å². The SMILES string of the molecule is CCn1ncc(-c2cc(C(=O)Nc3cc(C(C)C)c(O)cc3C)c3ccccc3n2)c1C. The second kappa shape index (κ2) is 8.46. The zero-order chi connectivity index (χ0) is 23.0. The zero-order valence-electron chi connectivity index (χ0n) is 19.1. The third kappa shape index (κ3) is 3.84. The molecule has 2 aromatic carbocycles. The van der Waals surface area contributed by atoms with E-state index in [1.54, 1.807) is 12.3 Å². The van der Waals surface area contributed by atoms with Gasteiger partial charge in [0.1, 0.15) is 5.75 Å². The Morgan fingerprint density at radius 1 is 1.16 bits per heavy atom. The Hall–Kier alpha value is -3.67. The molecule has 0 atom stereocenters. The molecular formula is C26H28N4O2. The van der Waals surface area contributed by atoms with Gasteiger partial charge in [0.25, 0.3) is 5.91 Å². The highest BCUT2D eigenvalue weighted by Gasteiger charge is 2.18. The first-order valence-corrected chi connectivity index (χ1v) is 10.9. The molecule has 1 amide bonds. The molecule has 2 N–H and O–H groups in total. The van der Waals surface area contributed by atoms with Crippen molar-refractivity contribution in [1.82, 2.24) is 14.8 Å². The summed E-state index contributed by atoms with van der Waals surface area (Å²) in [5, 5.41) is 18.5. The van der Waals surface area contributed by atoms with Crippen molar-refractivity contribution < 1.29 is 9.90 Å². The van der Waals surface area contributed by atoms with Crippen molar-refractivity contribution in [2.75, 3.05) is 5.32 Å². The predicted octanol–water partition coefficient (Wildman–Crippen LogP) is 5.82. The number of carbonyl (C=O) groups is 1. The Kier molecular flexibility index (Phi) is 5.70. The van der Waals surface area contributed by atoms with Gasteiger partial charge in [-0.1, -0.05) is 32.0 Å². The van der Waals surface area contributed by atoms with Crippen LogP contribution in [0.1, 0.15) is 53.9 Å². The molecule has 0 saturated heterocycles. The van der Waals surface area contributed by atoms with Crippen molar-refractivity contribution in [3.63, 3.8) is 0 Å². The minimum atomic E-state index is -0.214. The third-order valence-corrected chi connectivity index (χ3v) is 5.88. The predicted molar refractivity (Wildman–Crippen MR) is 128 cm³/mol. The number of anilines is 1. The van der Waals surface area contributed by atoms with Crippen LogP contribution < -0.4 is 5.32 Å². The average molecular weight is 429 g/mol. The molecule has 0 bridgehead atoms. The molecule has 32 heavy (non-hydrogen) atoms. The maximum Gasteiger partial charge on any atom is 0.256 e. The zero-order valence-corrected chi connectivity index (χ0v) is 19.1. The molecule has 0 fully saturated rings. The van der Waals surface area contributed by atoms with Gasteiger partial charge in [0.05, 0.1) is 23.0 Å². The number of aryl methyl sites for hydroxylation is 2. The highest BCUT2D eigenvalue weighted by Crippen LogP contribution is 2.32. The van der Waals surface area contributed by atoms with Crippen LogP contribution in [0.15, 0.2) is 48.7 Å². The quantitative estimate of drug-likeness (QED) is 0.393. The molecule has 0 radical (unpaired) electrons. The lowest BCUT2D eigenvalue weighted by molar-refractivity contribution is 0.102. The topological polar surface area (TPSA) is 80.0 Å². The van der Waals surface area contributed by atoms with Gasteiger partial charge in [-0.25, -0.2) is 4.98 Å². The highest BCUT2D eigenvalue weighted by atomic mass is 16.3. The van der Waals surface area contributed by atoms with Gasteiger partial charge in [-0.2, -0.15) is 5.10 Å². The van der Waals surface area contributed by atoms with Crippen molar-refractivity contribution in [1.29, 1.82) is 0 Å². The van der Waals surface area contributed by atoms with Crippen LogP contribution in [0.25, 0.3) is 22.2 Å². The number of carbonyl (C=O) groups excluding carboxylic acids is 1. The molecule has 0 unspecified atom stereocenters. The van der Waals surface area contributed by atoms with Crippen LogP contribution in [0.5, 0.6) is 5.75 Å². The summed E-state index contributed by atoms with van der Waals surface area (Å²) in [5.74, 6) is 0.169. The van der Waals surface area contributed by atoms with Crippen LogP contribution >= 0.6 is 0 Å². The first-order chi connectivity index (χ1) is 15.3. The molecule has 0 saturated carbocycles. The number of para-hydroxylation sites is 1. The van der Waals surface area contributed by atoms with Gasteiger partial charge in [-0.15, -0.1) is 0 Å². The molecule has 0 aliphatic heterocycles. The summed E-state index contributed by atoms with van der Waals surface area (Å²) in [6, 6.07) is 13.0. The number of fused-ring (bicyclic) bond motifs is 1. The molecule has 2 heterocycles. The number of nitrogens with one attached hydrogen (secondary N) is 1. The van der Waals surface area contributed by atoms with E-state index in [2.05, 4.69) is 10.4 Å². The third-order valence-electron chi connectivity index (χ3n) is 5.88. The summed E-state index contributed by atoms with van der Waals surface area (Å²) in [6.45, 7) is 10.7. The van der Waals surface area contributed by atoms with Crippen molar-refractivity contribution in [2.45, 2.75) is 47.1 Å². The Bertz CT molecular complexity index is 1320. The van der Waals surface area contributed by atoms with Gasteiger partial charge in [-0.3, -0.25) is 9.48 Å². The molecular weight excluding hydrogens is 400 g/mol. The monoisotopic (exact) mass is 428 g/mol. The fourth-order valence-corrected chi connectivity index (χ4v) is 4.01. The van der Waals surface area contributed by atoms with Crippen molar-refractivity contribution >= 4 is 22.5 Å². The van der Waals surface area contributed by atoms with Crippen LogP contribution in [0, 0.1) is 13.8 Å². The van der Waals surface area contributed by atoms with E-state index in [1.807, 2.05) is 75.7 Å². The number of aromatic nitrogens is 3. The molecule has 2 aromatic heterocycles. The minimum absolute atomic E-state index is 0.137. The Labute approximate surface area is 187 Å². The smallest absolute Gasteiger partial charge is 0.256 e. The molecule has 164 valence electrons. The van der Waals surface area contributed by atoms with Gasteiger partial charge < -0.3 is 10.4 Å². The fraction of sp³-hybridized carbons (Fsp3) is 0.269. The number of phenolic OH excluding ortho intramolecular Hbond substituents is 1. The molecule has 0 spiro atoms. The average Bonchev–Trinajstić information content (AvgIpc) is 3.14. The van der Waals surface area contributed by atoms with E-state index < -0.39 is 0 Å². The lowest BCUT2D eigenvalue weighted by Crippen LogP contribution is -2.14. The number of hydrogen-bond donors (Lipinski definition) is 2. The van der Waals surface area contributed by atoms with Crippen molar-refractivity contribution in [2.24, 2.45) is 0 Å². The van der Waals surface area contributed by atoms with Crippen LogP contribution in [0.2, 0.25) is 0 Å². The van der Waals surface area contributed by atoms with E-state index in [4.69, 9.17) is 4.98 Å². The first kappa shape index (κ1) is 21.6. The summed E-state index contributed by atoms with van der Waals surface area (Å²) in [7, 11) is 0. The number of phenols is 1. The minimum Gasteiger partial charge on any atom is -0.508 e. The number of amides is 1. The summed E-state index contributed by atoms with van der Waals surface area (Å²) >= 11 is 0. The van der Waals surface area contributed by atoms with Crippen LogP contribution in [0.3, 0.4) is 0 Å². The number of nitrogens with zero attached hydrogens (tertiary/aromatic N) is 3. The van der Waals surface area contributed by atoms with Gasteiger partial charge in [0, 0.05) is 28.9 Å². The summed E-state index contributed by atoms with van der Waals surface area (Å²) in [4.78, 5) is 18.3. The van der Waals surface area contributed by atoms with Crippen LogP contribution in [-0.2, 0) is 6.54 Å². The molecule has 4 rings (SSSR count). The lowest BCUT2D eigenvalue weighted by Gasteiger charge is -2.15. The van der Waals surface area contributed by atoms with E-state index in [9.17, 15) is 9.90 Å². The summed E-state index contributed by atoms with van der Waals surface area (Å²) < 4.78 is 1.92. The van der Waals surface area contributed by atoms with Crippen LogP contribution in [-0.4, -0.2) is 25.8 Å². The number of pyridine rings is 1. The maximum absolute atomic E-state index is 13.5. The fourth-order valence-electron chi connectivity index (χ4n) is 4.01. The van der Waals surface area contributed by atoms with Crippen LogP contribution in [0.4, 0.5) is 5.69 Å². The molecule has 4 aromatic rings. The normalized spacial score (nSPS) is 11.3. The van der Waals surface area contributed by atoms with Crippen molar-refractivity contribution in [3.8, 4) is 17.0 Å². The Balaban J connectivity index is 1.81. The Morgan fingerprint density at radius 2 is 1.91 bits per heavy atom. The first-order valence-electron chi connectivity index (χ1n) is 10.9. The molecule has 6 nitrogen and oxygen atoms in total. The molecule has 0 aliphatic carbocycles. The van der Waals surface area contributed by atoms with E-state index in [0.29, 0.717) is 11.3 Å². The largest absolute Gasteiger partial charge is 0.508 e. The van der Waals surface area contributed by atoms with E-state index in [-0.39, 0.29) is 17.6 Å². The van der Waals surface area contributed by atoms with E-state index in [0.717, 1.165) is 45.5 Å². The van der Waals surface area contributed by atoms with E-state index >= 15 is 0 Å². The second-order valence-corrected chi connectivity index (χ2v) is 8.37. The van der Waals surface area contributed by atoms with Crippen molar-refractivity contribution in [3.05, 3.63) is 71.0 Å². The summed E-state index contributed by atoms with van der Waals surface area (Å²) in [5.41, 5.74) is 6.24. The number of hydrogen-bond acceptors (Lipinski definition) is 4. The van der Waals surface area contributed by atoms with Gasteiger partial charge in [0.2, 0.25) is 0 Å². The van der Waals surface area contributed by atoms with E-state index in [1.165, 1.54) is 0 Å². The highest BCUT2D eigenvalue weighted by molar-refractivity contribution is 6.13. The molecule has 6 heteroatoms. The number of benzene rings is 2.